The van der Waals surface area contributed by atoms with E-state index in [0.29, 0.717) is 5.69 Å². The second kappa shape index (κ2) is 4.88. The summed E-state index contributed by atoms with van der Waals surface area (Å²) in [7, 11) is 0. The van der Waals surface area contributed by atoms with Crippen LogP contribution in [0.25, 0.3) is 0 Å². The lowest BCUT2D eigenvalue weighted by Crippen LogP contribution is -2.31. The highest BCUT2D eigenvalue weighted by atomic mass is 16.2. The number of aromatic nitrogens is 1. The topological polar surface area (TPSA) is 57.8 Å². The first kappa shape index (κ1) is 10.9. The van der Waals surface area contributed by atoms with Crippen molar-refractivity contribution >= 4 is 5.91 Å². The van der Waals surface area contributed by atoms with Crippen molar-refractivity contribution in [3.8, 4) is 18.4 Å². The van der Waals surface area contributed by atoms with Crippen molar-refractivity contribution in [3.05, 3.63) is 24.0 Å². The van der Waals surface area contributed by atoms with Crippen molar-refractivity contribution in [2.75, 3.05) is 6.54 Å². The zero-order valence-corrected chi connectivity index (χ0v) is 8.40. The van der Waals surface area contributed by atoms with Gasteiger partial charge in [-0.05, 0) is 19.1 Å². The summed E-state index contributed by atoms with van der Waals surface area (Å²) in [6.45, 7) is 1.92. The van der Waals surface area contributed by atoms with Gasteiger partial charge in [-0.1, -0.05) is 5.92 Å². The Kier molecular flexibility index (Phi) is 3.54. The number of nitrogens with zero attached hydrogens (tertiary/aromatic N) is 2. The second-order valence-corrected chi connectivity index (χ2v) is 3.01. The summed E-state index contributed by atoms with van der Waals surface area (Å²) in [6, 6.07) is 4.97. The molecule has 0 aliphatic carbocycles. The predicted octanol–water partition coefficient (Wildman–Crippen LogP) is 0.670. The molecule has 4 nitrogen and oxygen atoms in total. The van der Waals surface area contributed by atoms with Crippen molar-refractivity contribution in [3.63, 3.8) is 0 Å². The lowest BCUT2D eigenvalue weighted by Gasteiger charge is -2.13. The number of rotatable bonds is 3. The molecule has 0 bridgehead atoms. The molecule has 0 aliphatic heterocycles. The molecule has 1 unspecified atom stereocenters. The second-order valence-electron chi connectivity index (χ2n) is 3.01. The number of hydrogen-bond acceptors (Lipinski definition) is 2. The summed E-state index contributed by atoms with van der Waals surface area (Å²) in [5.41, 5.74) is 0.457. The minimum absolute atomic E-state index is 0.194. The Morgan fingerprint density at radius 1 is 1.80 bits per heavy atom. The van der Waals surface area contributed by atoms with E-state index in [-0.39, 0.29) is 12.5 Å². The largest absolute Gasteiger partial charge is 0.343 e. The van der Waals surface area contributed by atoms with Gasteiger partial charge in [0.15, 0.2) is 0 Å². The molecule has 0 aromatic carbocycles. The molecular formula is C11H11N3O. The number of terminal acetylenes is 1. The monoisotopic (exact) mass is 201 g/mol. The highest BCUT2D eigenvalue weighted by Gasteiger charge is 2.15. The summed E-state index contributed by atoms with van der Waals surface area (Å²) in [6.07, 6.45) is 6.72. The first-order chi connectivity index (χ1) is 7.20. The Morgan fingerprint density at radius 2 is 2.53 bits per heavy atom. The number of nitriles is 1. The fourth-order valence-corrected chi connectivity index (χ4v) is 1.24. The van der Waals surface area contributed by atoms with Gasteiger partial charge in [-0.3, -0.25) is 4.79 Å². The van der Waals surface area contributed by atoms with E-state index in [1.807, 2.05) is 6.07 Å². The van der Waals surface area contributed by atoms with Crippen LogP contribution in [0.5, 0.6) is 0 Å². The SMILES string of the molecule is C#CCNC(=O)C(C)n1cccc1C#N. The molecule has 4 heteroatoms. The standard InChI is InChI=1S/C11H11N3O/c1-3-6-13-11(15)9(2)14-7-4-5-10(14)8-12/h1,4-5,7,9H,6H2,2H3,(H,13,15). The number of carbonyl (C=O) groups excluding carboxylic acids is 1. The van der Waals surface area contributed by atoms with Crippen LogP contribution in [0.2, 0.25) is 0 Å². The van der Waals surface area contributed by atoms with Gasteiger partial charge in [-0.25, -0.2) is 0 Å². The van der Waals surface area contributed by atoms with Gasteiger partial charge in [-0.15, -0.1) is 6.42 Å². The zero-order chi connectivity index (χ0) is 11.3. The molecule has 0 saturated carbocycles. The maximum absolute atomic E-state index is 11.5. The van der Waals surface area contributed by atoms with Gasteiger partial charge in [0.25, 0.3) is 0 Å². The van der Waals surface area contributed by atoms with Gasteiger partial charge in [0.05, 0.1) is 6.54 Å². The molecule has 1 aromatic rings. The minimum Gasteiger partial charge on any atom is -0.343 e. The van der Waals surface area contributed by atoms with E-state index in [4.69, 9.17) is 11.7 Å². The third kappa shape index (κ3) is 2.38. The third-order valence-corrected chi connectivity index (χ3v) is 2.05. The summed E-state index contributed by atoms with van der Waals surface area (Å²) in [4.78, 5) is 11.5. The van der Waals surface area contributed by atoms with Crippen molar-refractivity contribution in [2.45, 2.75) is 13.0 Å². The summed E-state index contributed by atoms with van der Waals surface area (Å²) < 4.78 is 1.60. The van der Waals surface area contributed by atoms with E-state index in [9.17, 15) is 4.79 Å². The zero-order valence-electron chi connectivity index (χ0n) is 8.40. The predicted molar refractivity (Wildman–Crippen MR) is 55.7 cm³/mol. The van der Waals surface area contributed by atoms with E-state index < -0.39 is 6.04 Å². The van der Waals surface area contributed by atoms with Crippen LogP contribution >= 0.6 is 0 Å². The molecule has 0 saturated heterocycles. The van der Waals surface area contributed by atoms with Gasteiger partial charge in [0.2, 0.25) is 5.91 Å². The van der Waals surface area contributed by atoms with Crippen LogP contribution in [0.4, 0.5) is 0 Å². The first-order valence-electron chi connectivity index (χ1n) is 4.48. The Labute approximate surface area is 88.5 Å². The molecule has 0 spiro atoms. The average molecular weight is 201 g/mol. The number of hydrogen-bond donors (Lipinski definition) is 1. The van der Waals surface area contributed by atoms with Crippen LogP contribution in [-0.2, 0) is 4.79 Å². The molecular weight excluding hydrogens is 190 g/mol. The van der Waals surface area contributed by atoms with Crippen LogP contribution in [0.15, 0.2) is 18.3 Å². The average Bonchev–Trinajstić information content (AvgIpc) is 2.72. The smallest absolute Gasteiger partial charge is 0.243 e. The van der Waals surface area contributed by atoms with E-state index in [1.54, 1.807) is 29.8 Å². The van der Waals surface area contributed by atoms with E-state index >= 15 is 0 Å². The highest BCUT2D eigenvalue weighted by molar-refractivity contribution is 5.80. The Hall–Kier alpha value is -2.20. The van der Waals surface area contributed by atoms with Crippen molar-refractivity contribution in [1.82, 2.24) is 9.88 Å². The maximum atomic E-state index is 11.5. The van der Waals surface area contributed by atoms with E-state index in [1.165, 1.54) is 0 Å². The normalized spacial score (nSPS) is 11.1. The van der Waals surface area contributed by atoms with Crippen molar-refractivity contribution in [2.24, 2.45) is 0 Å². The summed E-state index contributed by atoms with van der Waals surface area (Å²) in [5, 5.41) is 11.3. The van der Waals surface area contributed by atoms with E-state index in [0.717, 1.165) is 0 Å². The van der Waals surface area contributed by atoms with E-state index in [2.05, 4.69) is 11.2 Å². The first-order valence-corrected chi connectivity index (χ1v) is 4.48. The maximum Gasteiger partial charge on any atom is 0.243 e. The van der Waals surface area contributed by atoms with Crippen molar-refractivity contribution in [1.29, 1.82) is 5.26 Å². The number of nitrogens with one attached hydrogen (secondary N) is 1. The molecule has 0 fully saturated rings. The molecule has 15 heavy (non-hydrogen) atoms. The van der Waals surface area contributed by atoms with Crippen molar-refractivity contribution < 1.29 is 4.79 Å². The van der Waals surface area contributed by atoms with Gasteiger partial charge in [0.1, 0.15) is 17.8 Å². The van der Waals surface area contributed by atoms with Gasteiger partial charge >= 0.3 is 0 Å². The van der Waals surface area contributed by atoms with Crippen LogP contribution in [-0.4, -0.2) is 17.0 Å². The fraction of sp³-hybridized carbons (Fsp3) is 0.273. The molecule has 1 heterocycles. The molecule has 1 N–H and O–H groups in total. The minimum atomic E-state index is -0.428. The molecule has 1 atom stereocenters. The molecule has 0 aliphatic rings. The van der Waals surface area contributed by atoms with Gasteiger partial charge in [0, 0.05) is 6.20 Å². The molecule has 1 rings (SSSR count). The third-order valence-electron chi connectivity index (χ3n) is 2.05. The summed E-state index contributed by atoms with van der Waals surface area (Å²) in [5.74, 6) is 2.13. The van der Waals surface area contributed by atoms with Crippen LogP contribution in [0, 0.1) is 23.7 Å². The molecule has 76 valence electrons. The lowest BCUT2D eigenvalue weighted by molar-refractivity contribution is -0.123. The summed E-state index contributed by atoms with van der Waals surface area (Å²) >= 11 is 0. The van der Waals surface area contributed by atoms with Crippen LogP contribution < -0.4 is 5.32 Å². The Bertz CT molecular complexity index is 433. The quantitative estimate of drug-likeness (QED) is 0.731. The lowest BCUT2D eigenvalue weighted by atomic mass is 10.3. The van der Waals surface area contributed by atoms with Gasteiger partial charge < -0.3 is 9.88 Å². The Balaban J connectivity index is 2.78. The Morgan fingerprint density at radius 3 is 3.13 bits per heavy atom. The number of amides is 1. The number of carbonyl (C=O) groups is 1. The molecule has 1 amide bonds. The van der Waals surface area contributed by atoms with Gasteiger partial charge in [-0.2, -0.15) is 5.26 Å². The van der Waals surface area contributed by atoms with Crippen LogP contribution in [0.3, 0.4) is 0 Å². The fourth-order valence-electron chi connectivity index (χ4n) is 1.24. The highest BCUT2D eigenvalue weighted by Crippen LogP contribution is 2.10. The van der Waals surface area contributed by atoms with Crippen LogP contribution in [0.1, 0.15) is 18.7 Å². The molecule has 0 radical (unpaired) electrons. The molecule has 1 aromatic heterocycles.